The second-order valence-corrected chi connectivity index (χ2v) is 4.57. The van der Waals surface area contributed by atoms with Crippen molar-refractivity contribution in [2.75, 3.05) is 26.8 Å². The van der Waals surface area contributed by atoms with Crippen molar-refractivity contribution in [3.63, 3.8) is 0 Å². The molecule has 2 rings (SSSR count). The second-order valence-electron chi connectivity index (χ2n) is 4.57. The van der Waals surface area contributed by atoms with Gasteiger partial charge in [0.1, 0.15) is 0 Å². The highest BCUT2D eigenvalue weighted by molar-refractivity contribution is 5.17. The van der Waals surface area contributed by atoms with Gasteiger partial charge in [0, 0.05) is 32.1 Å². The summed E-state index contributed by atoms with van der Waals surface area (Å²) in [6.45, 7) is 2.78. The van der Waals surface area contributed by atoms with Crippen molar-refractivity contribution < 1.29 is 4.74 Å². The van der Waals surface area contributed by atoms with Crippen molar-refractivity contribution in [3.05, 3.63) is 30.1 Å². The molecule has 0 saturated carbocycles. The summed E-state index contributed by atoms with van der Waals surface area (Å²) >= 11 is 0. The van der Waals surface area contributed by atoms with Gasteiger partial charge >= 0.3 is 0 Å². The Balaban J connectivity index is 2.13. The molecule has 0 bridgehead atoms. The van der Waals surface area contributed by atoms with Crippen LogP contribution in [0.25, 0.3) is 0 Å². The van der Waals surface area contributed by atoms with Gasteiger partial charge in [-0.25, -0.2) is 0 Å². The molecule has 1 aliphatic rings. The normalized spacial score (nSPS) is 26.0. The molecule has 0 amide bonds. The van der Waals surface area contributed by atoms with Crippen molar-refractivity contribution >= 4 is 0 Å². The van der Waals surface area contributed by atoms with E-state index in [4.69, 9.17) is 10.5 Å². The van der Waals surface area contributed by atoms with Gasteiger partial charge in [-0.05, 0) is 31.0 Å². The minimum Gasteiger partial charge on any atom is -0.383 e. The molecular weight excluding hydrogens is 214 g/mol. The number of nitrogens with zero attached hydrogens (tertiary/aromatic N) is 2. The van der Waals surface area contributed by atoms with Crippen LogP contribution in [0.4, 0.5) is 0 Å². The van der Waals surface area contributed by atoms with E-state index in [1.54, 1.807) is 13.3 Å². The lowest BCUT2D eigenvalue weighted by Gasteiger charge is -2.39. The molecule has 1 fully saturated rings. The SMILES string of the molecule is COCCN1CCCC(N)C1c1cccnc1. The van der Waals surface area contributed by atoms with Gasteiger partial charge in [-0.3, -0.25) is 9.88 Å². The number of hydrogen-bond acceptors (Lipinski definition) is 4. The third-order valence-corrected chi connectivity index (χ3v) is 3.39. The third-order valence-electron chi connectivity index (χ3n) is 3.39. The molecule has 0 radical (unpaired) electrons. The van der Waals surface area contributed by atoms with Crippen LogP contribution in [-0.2, 0) is 4.74 Å². The second kappa shape index (κ2) is 6.10. The fourth-order valence-electron chi connectivity index (χ4n) is 2.57. The van der Waals surface area contributed by atoms with Crippen LogP contribution in [-0.4, -0.2) is 42.7 Å². The first-order chi connectivity index (χ1) is 8.33. The Hall–Kier alpha value is -0.970. The monoisotopic (exact) mass is 235 g/mol. The van der Waals surface area contributed by atoms with E-state index < -0.39 is 0 Å². The van der Waals surface area contributed by atoms with E-state index in [1.807, 2.05) is 12.3 Å². The minimum atomic E-state index is 0.199. The van der Waals surface area contributed by atoms with Gasteiger partial charge in [0.2, 0.25) is 0 Å². The lowest BCUT2D eigenvalue weighted by atomic mass is 9.92. The zero-order chi connectivity index (χ0) is 12.1. The third kappa shape index (κ3) is 3.03. The number of piperidine rings is 1. The topological polar surface area (TPSA) is 51.4 Å². The van der Waals surface area contributed by atoms with Gasteiger partial charge in [-0.15, -0.1) is 0 Å². The van der Waals surface area contributed by atoms with Gasteiger partial charge in [-0.1, -0.05) is 6.07 Å². The number of likely N-dealkylation sites (tertiary alicyclic amines) is 1. The minimum absolute atomic E-state index is 0.199. The summed E-state index contributed by atoms with van der Waals surface area (Å²) in [5.74, 6) is 0. The molecule has 1 aromatic rings. The molecule has 1 saturated heterocycles. The Kier molecular flexibility index (Phi) is 4.48. The van der Waals surface area contributed by atoms with Gasteiger partial charge in [0.25, 0.3) is 0 Å². The number of aromatic nitrogens is 1. The first kappa shape index (κ1) is 12.5. The molecule has 2 heterocycles. The van der Waals surface area contributed by atoms with Crippen molar-refractivity contribution in [1.82, 2.24) is 9.88 Å². The van der Waals surface area contributed by atoms with E-state index in [0.717, 1.165) is 26.1 Å². The molecule has 0 aromatic carbocycles. The molecule has 17 heavy (non-hydrogen) atoms. The average molecular weight is 235 g/mol. The van der Waals surface area contributed by atoms with Gasteiger partial charge < -0.3 is 10.5 Å². The number of nitrogens with two attached hydrogens (primary N) is 1. The highest BCUT2D eigenvalue weighted by atomic mass is 16.5. The highest BCUT2D eigenvalue weighted by Crippen LogP contribution is 2.29. The van der Waals surface area contributed by atoms with Crippen molar-refractivity contribution in [3.8, 4) is 0 Å². The van der Waals surface area contributed by atoms with E-state index >= 15 is 0 Å². The molecule has 0 spiro atoms. The Morgan fingerprint density at radius 2 is 2.47 bits per heavy atom. The van der Waals surface area contributed by atoms with Gasteiger partial charge in [-0.2, -0.15) is 0 Å². The van der Waals surface area contributed by atoms with Crippen LogP contribution >= 0.6 is 0 Å². The number of hydrogen-bond donors (Lipinski definition) is 1. The van der Waals surface area contributed by atoms with Crippen molar-refractivity contribution in [1.29, 1.82) is 0 Å². The molecule has 4 heteroatoms. The van der Waals surface area contributed by atoms with Crippen LogP contribution in [0, 0.1) is 0 Å². The lowest BCUT2D eigenvalue weighted by molar-refractivity contribution is 0.0846. The van der Waals surface area contributed by atoms with E-state index in [0.29, 0.717) is 0 Å². The number of methoxy groups -OCH3 is 1. The summed E-state index contributed by atoms with van der Waals surface area (Å²) in [5.41, 5.74) is 7.48. The molecule has 2 atom stereocenters. The zero-order valence-electron chi connectivity index (χ0n) is 10.4. The number of pyridine rings is 1. The largest absolute Gasteiger partial charge is 0.383 e. The number of ether oxygens (including phenoxy) is 1. The number of rotatable bonds is 4. The van der Waals surface area contributed by atoms with E-state index in [9.17, 15) is 0 Å². The maximum absolute atomic E-state index is 6.26. The Labute approximate surface area is 103 Å². The predicted octanol–water partition coefficient (Wildman–Crippen LogP) is 1.19. The summed E-state index contributed by atoms with van der Waals surface area (Å²) in [4.78, 5) is 6.61. The summed E-state index contributed by atoms with van der Waals surface area (Å²) < 4.78 is 5.17. The summed E-state index contributed by atoms with van der Waals surface area (Å²) in [7, 11) is 1.74. The predicted molar refractivity (Wildman–Crippen MR) is 67.6 cm³/mol. The molecule has 2 N–H and O–H groups in total. The van der Waals surface area contributed by atoms with Crippen LogP contribution in [0.15, 0.2) is 24.5 Å². The van der Waals surface area contributed by atoms with Crippen LogP contribution in [0.3, 0.4) is 0 Å². The maximum atomic E-state index is 6.26. The van der Waals surface area contributed by atoms with Crippen LogP contribution in [0.2, 0.25) is 0 Å². The smallest absolute Gasteiger partial charge is 0.0589 e. The summed E-state index contributed by atoms with van der Waals surface area (Å²) in [6, 6.07) is 4.57. The molecule has 94 valence electrons. The van der Waals surface area contributed by atoms with Crippen molar-refractivity contribution in [2.45, 2.75) is 24.9 Å². The first-order valence-electron chi connectivity index (χ1n) is 6.21. The zero-order valence-corrected chi connectivity index (χ0v) is 10.4. The van der Waals surface area contributed by atoms with Crippen LogP contribution in [0.1, 0.15) is 24.4 Å². The van der Waals surface area contributed by atoms with Crippen LogP contribution in [0.5, 0.6) is 0 Å². The van der Waals surface area contributed by atoms with Gasteiger partial charge in [0.15, 0.2) is 0 Å². The first-order valence-corrected chi connectivity index (χ1v) is 6.21. The molecule has 0 aliphatic carbocycles. The molecule has 1 aromatic heterocycles. The highest BCUT2D eigenvalue weighted by Gasteiger charge is 2.29. The van der Waals surface area contributed by atoms with Gasteiger partial charge in [0.05, 0.1) is 12.6 Å². The van der Waals surface area contributed by atoms with E-state index in [1.165, 1.54) is 12.0 Å². The molecular formula is C13H21N3O. The van der Waals surface area contributed by atoms with E-state index in [-0.39, 0.29) is 12.1 Å². The lowest BCUT2D eigenvalue weighted by Crippen LogP contribution is -2.46. The average Bonchev–Trinajstić information content (AvgIpc) is 2.37. The molecule has 4 nitrogen and oxygen atoms in total. The van der Waals surface area contributed by atoms with Crippen LogP contribution < -0.4 is 5.73 Å². The summed E-state index contributed by atoms with van der Waals surface area (Å²) in [5, 5.41) is 0. The Bertz CT molecular complexity index is 331. The Morgan fingerprint density at radius 3 is 3.18 bits per heavy atom. The Morgan fingerprint density at radius 1 is 1.59 bits per heavy atom. The fraction of sp³-hybridized carbons (Fsp3) is 0.615. The maximum Gasteiger partial charge on any atom is 0.0589 e. The van der Waals surface area contributed by atoms with E-state index in [2.05, 4.69) is 16.0 Å². The fourth-order valence-corrected chi connectivity index (χ4v) is 2.57. The summed E-state index contributed by atoms with van der Waals surface area (Å²) in [6.07, 6.45) is 5.98. The quantitative estimate of drug-likeness (QED) is 0.852. The van der Waals surface area contributed by atoms with Crippen molar-refractivity contribution in [2.24, 2.45) is 5.73 Å². The molecule has 1 aliphatic heterocycles. The molecule has 2 unspecified atom stereocenters. The standard InChI is InChI=1S/C13H21N3O/c1-17-9-8-16-7-3-5-12(14)13(16)11-4-2-6-15-10-11/h2,4,6,10,12-13H,3,5,7-9,14H2,1H3.